The maximum absolute atomic E-state index is 5.77. The van der Waals surface area contributed by atoms with Crippen molar-refractivity contribution in [3.8, 4) is 5.75 Å². The van der Waals surface area contributed by atoms with Gasteiger partial charge in [-0.25, -0.2) is 0 Å². The predicted molar refractivity (Wildman–Crippen MR) is 68.0 cm³/mol. The zero-order chi connectivity index (χ0) is 11.7. The van der Waals surface area contributed by atoms with Crippen LogP contribution in [0.1, 0.15) is 24.0 Å². The van der Waals surface area contributed by atoms with Gasteiger partial charge in [-0.1, -0.05) is 12.1 Å². The van der Waals surface area contributed by atoms with Crippen molar-refractivity contribution in [2.45, 2.75) is 31.8 Å². The van der Waals surface area contributed by atoms with Crippen LogP contribution in [0.4, 0.5) is 0 Å². The van der Waals surface area contributed by atoms with Crippen LogP contribution in [0.2, 0.25) is 0 Å². The van der Waals surface area contributed by atoms with Crippen molar-refractivity contribution in [2.75, 3.05) is 13.2 Å². The Hall–Kier alpha value is -1.06. The summed E-state index contributed by atoms with van der Waals surface area (Å²) in [5.74, 6) is 1.86. The molecule has 17 heavy (non-hydrogen) atoms. The fourth-order valence-corrected chi connectivity index (χ4v) is 2.72. The molecular formula is C14H20N2O. The third-order valence-electron chi connectivity index (χ3n) is 3.79. The molecule has 1 fully saturated rings. The van der Waals surface area contributed by atoms with Gasteiger partial charge in [-0.2, -0.15) is 0 Å². The molecule has 3 heteroatoms. The molecule has 1 aromatic carbocycles. The molecule has 0 aromatic heterocycles. The second kappa shape index (κ2) is 4.67. The van der Waals surface area contributed by atoms with E-state index in [0.29, 0.717) is 6.04 Å². The lowest BCUT2D eigenvalue weighted by molar-refractivity contribution is 0.256. The Morgan fingerprint density at radius 3 is 3.06 bits per heavy atom. The smallest absolute Gasteiger partial charge is 0.122 e. The van der Waals surface area contributed by atoms with E-state index in [1.807, 2.05) is 0 Å². The van der Waals surface area contributed by atoms with Gasteiger partial charge in [-0.3, -0.25) is 0 Å². The number of fused-ring (bicyclic) bond motifs is 1. The van der Waals surface area contributed by atoms with E-state index < -0.39 is 0 Å². The Morgan fingerprint density at radius 2 is 2.24 bits per heavy atom. The Balaban J connectivity index is 1.48. The molecule has 1 heterocycles. The van der Waals surface area contributed by atoms with Crippen molar-refractivity contribution in [3.05, 3.63) is 29.3 Å². The van der Waals surface area contributed by atoms with Crippen LogP contribution in [-0.4, -0.2) is 19.2 Å². The number of nitrogens with two attached hydrogens (primary N) is 1. The SMILES string of the molecule is NC1CC(CNCc2ccc3c(c2)CCO3)C1. The van der Waals surface area contributed by atoms with E-state index in [0.717, 1.165) is 37.8 Å². The molecule has 3 rings (SSSR count). The maximum atomic E-state index is 5.77. The molecule has 3 nitrogen and oxygen atoms in total. The lowest BCUT2D eigenvalue weighted by Crippen LogP contribution is -2.41. The van der Waals surface area contributed by atoms with Gasteiger partial charge in [0.15, 0.2) is 0 Å². The zero-order valence-corrected chi connectivity index (χ0v) is 10.1. The average Bonchev–Trinajstić information content (AvgIpc) is 2.73. The number of rotatable bonds is 4. The molecule has 1 aromatic rings. The van der Waals surface area contributed by atoms with Crippen LogP contribution < -0.4 is 15.8 Å². The van der Waals surface area contributed by atoms with Crippen LogP contribution in [0.3, 0.4) is 0 Å². The first-order valence-electron chi connectivity index (χ1n) is 6.52. The summed E-state index contributed by atoms with van der Waals surface area (Å²) in [5, 5.41) is 3.52. The molecule has 0 bridgehead atoms. The number of ether oxygens (including phenoxy) is 1. The topological polar surface area (TPSA) is 47.3 Å². The number of hydrogen-bond donors (Lipinski definition) is 2. The number of nitrogens with one attached hydrogen (secondary N) is 1. The molecule has 92 valence electrons. The van der Waals surface area contributed by atoms with Crippen molar-refractivity contribution >= 4 is 0 Å². The molecule has 0 unspecified atom stereocenters. The molecule has 2 aliphatic rings. The molecule has 0 amide bonds. The normalized spacial score (nSPS) is 26.2. The van der Waals surface area contributed by atoms with Gasteiger partial charge in [-0.15, -0.1) is 0 Å². The summed E-state index contributed by atoms with van der Waals surface area (Å²) < 4.78 is 5.50. The van der Waals surface area contributed by atoms with Crippen molar-refractivity contribution in [1.82, 2.24) is 5.32 Å². The van der Waals surface area contributed by atoms with E-state index in [1.165, 1.54) is 24.0 Å². The molecule has 0 saturated heterocycles. The van der Waals surface area contributed by atoms with E-state index >= 15 is 0 Å². The first-order valence-corrected chi connectivity index (χ1v) is 6.52. The molecule has 0 radical (unpaired) electrons. The summed E-state index contributed by atoms with van der Waals surface area (Å²) >= 11 is 0. The predicted octanol–water partition coefficient (Wildman–Crippen LogP) is 1.45. The van der Waals surface area contributed by atoms with Crippen LogP contribution in [0.25, 0.3) is 0 Å². The molecule has 1 saturated carbocycles. The molecule has 0 spiro atoms. The highest BCUT2D eigenvalue weighted by Crippen LogP contribution is 2.26. The Kier molecular flexibility index (Phi) is 3.04. The standard InChI is InChI=1S/C14H20N2O/c15-13-6-11(7-13)9-16-8-10-1-2-14-12(5-10)3-4-17-14/h1-2,5,11,13,16H,3-4,6-9,15H2. The summed E-state index contributed by atoms with van der Waals surface area (Å²) in [5.41, 5.74) is 8.49. The average molecular weight is 232 g/mol. The van der Waals surface area contributed by atoms with Gasteiger partial charge in [0.2, 0.25) is 0 Å². The van der Waals surface area contributed by atoms with Gasteiger partial charge < -0.3 is 15.8 Å². The Labute approximate surface area is 102 Å². The first kappa shape index (κ1) is 11.1. The second-order valence-corrected chi connectivity index (χ2v) is 5.27. The third-order valence-corrected chi connectivity index (χ3v) is 3.79. The monoisotopic (exact) mass is 232 g/mol. The lowest BCUT2D eigenvalue weighted by atomic mass is 9.81. The quantitative estimate of drug-likeness (QED) is 0.826. The van der Waals surface area contributed by atoms with E-state index in [4.69, 9.17) is 10.5 Å². The lowest BCUT2D eigenvalue weighted by Gasteiger charge is -2.32. The first-order chi connectivity index (χ1) is 8.31. The van der Waals surface area contributed by atoms with E-state index in [1.54, 1.807) is 0 Å². The Morgan fingerprint density at radius 1 is 1.35 bits per heavy atom. The molecule has 1 aliphatic carbocycles. The highest BCUT2D eigenvalue weighted by atomic mass is 16.5. The molecular weight excluding hydrogens is 212 g/mol. The summed E-state index contributed by atoms with van der Waals surface area (Å²) in [6, 6.07) is 6.98. The van der Waals surface area contributed by atoms with E-state index in [-0.39, 0.29) is 0 Å². The fraction of sp³-hybridized carbons (Fsp3) is 0.571. The molecule has 0 atom stereocenters. The summed E-state index contributed by atoms with van der Waals surface area (Å²) in [7, 11) is 0. The van der Waals surface area contributed by atoms with Crippen LogP contribution >= 0.6 is 0 Å². The van der Waals surface area contributed by atoms with E-state index in [2.05, 4.69) is 23.5 Å². The van der Waals surface area contributed by atoms with Gasteiger partial charge in [0.05, 0.1) is 6.61 Å². The highest BCUT2D eigenvalue weighted by Gasteiger charge is 2.24. The largest absolute Gasteiger partial charge is 0.493 e. The summed E-state index contributed by atoms with van der Waals surface area (Å²) in [6.07, 6.45) is 3.43. The van der Waals surface area contributed by atoms with Gasteiger partial charge in [-0.05, 0) is 42.5 Å². The summed E-state index contributed by atoms with van der Waals surface area (Å²) in [6.45, 7) is 2.90. The minimum absolute atomic E-state index is 0.457. The summed E-state index contributed by atoms with van der Waals surface area (Å²) in [4.78, 5) is 0. The van der Waals surface area contributed by atoms with Crippen molar-refractivity contribution < 1.29 is 4.74 Å². The van der Waals surface area contributed by atoms with Crippen LogP contribution in [0, 0.1) is 5.92 Å². The zero-order valence-electron chi connectivity index (χ0n) is 10.1. The number of hydrogen-bond acceptors (Lipinski definition) is 3. The minimum atomic E-state index is 0.457. The molecule has 1 aliphatic heterocycles. The fourth-order valence-electron chi connectivity index (χ4n) is 2.72. The van der Waals surface area contributed by atoms with Gasteiger partial charge in [0.25, 0.3) is 0 Å². The third kappa shape index (κ3) is 2.45. The van der Waals surface area contributed by atoms with Gasteiger partial charge >= 0.3 is 0 Å². The molecule has 3 N–H and O–H groups in total. The van der Waals surface area contributed by atoms with Crippen LogP contribution in [0.5, 0.6) is 5.75 Å². The second-order valence-electron chi connectivity index (χ2n) is 5.27. The van der Waals surface area contributed by atoms with Crippen molar-refractivity contribution in [3.63, 3.8) is 0 Å². The Bertz CT molecular complexity index is 399. The maximum Gasteiger partial charge on any atom is 0.122 e. The number of benzene rings is 1. The van der Waals surface area contributed by atoms with Crippen LogP contribution in [0.15, 0.2) is 18.2 Å². The van der Waals surface area contributed by atoms with Crippen molar-refractivity contribution in [1.29, 1.82) is 0 Å². The minimum Gasteiger partial charge on any atom is -0.493 e. The van der Waals surface area contributed by atoms with Crippen molar-refractivity contribution in [2.24, 2.45) is 11.7 Å². The highest BCUT2D eigenvalue weighted by molar-refractivity contribution is 5.39. The van der Waals surface area contributed by atoms with Crippen LogP contribution in [-0.2, 0) is 13.0 Å². The van der Waals surface area contributed by atoms with Gasteiger partial charge in [0.1, 0.15) is 5.75 Å². The van der Waals surface area contributed by atoms with E-state index in [9.17, 15) is 0 Å². The van der Waals surface area contributed by atoms with Gasteiger partial charge in [0, 0.05) is 19.0 Å².